The Morgan fingerprint density at radius 2 is 1.80 bits per heavy atom. The molecule has 4 nitrogen and oxygen atoms in total. The molecule has 25 heavy (non-hydrogen) atoms. The van der Waals surface area contributed by atoms with E-state index in [-0.39, 0.29) is 11.8 Å². The van der Waals surface area contributed by atoms with Crippen LogP contribution in [-0.2, 0) is 6.42 Å². The summed E-state index contributed by atoms with van der Waals surface area (Å²) in [5.41, 5.74) is 7.75. The molecule has 126 valence electrons. The molecule has 0 saturated heterocycles. The Labute approximate surface area is 148 Å². The second-order valence-corrected chi connectivity index (χ2v) is 6.26. The number of amidine groups is 1. The number of hydrogen-bond donors (Lipinski definition) is 2. The summed E-state index contributed by atoms with van der Waals surface area (Å²) in [6, 6.07) is 18.3. The minimum atomic E-state index is -0.370. The van der Waals surface area contributed by atoms with Crippen molar-refractivity contribution >= 4 is 31.8 Å². The Kier molecular flexibility index (Phi) is 5.11. The maximum Gasteiger partial charge on any atom is 0.343 e. The molecular formula is C20H19N2O2P. The third kappa shape index (κ3) is 3.70. The third-order valence-electron chi connectivity index (χ3n) is 4.01. The first-order valence-corrected chi connectivity index (χ1v) is 8.79. The molecule has 0 amide bonds. The molecule has 1 atom stereocenters. The molecule has 0 fully saturated rings. The van der Waals surface area contributed by atoms with Gasteiger partial charge in [-0.2, -0.15) is 0 Å². The highest BCUT2D eigenvalue weighted by Crippen LogP contribution is 2.30. The number of carbonyl (C=O) groups is 1. The van der Waals surface area contributed by atoms with Crippen LogP contribution in [0.5, 0.6) is 5.75 Å². The molecule has 0 aliphatic rings. The topological polar surface area (TPSA) is 76.2 Å². The first-order valence-electron chi connectivity index (χ1n) is 7.97. The molecule has 3 aromatic rings. The van der Waals surface area contributed by atoms with Crippen molar-refractivity contribution in [1.82, 2.24) is 0 Å². The number of ether oxygens (including phenoxy) is 1. The first kappa shape index (κ1) is 17.1. The van der Waals surface area contributed by atoms with E-state index in [1.54, 1.807) is 12.1 Å². The summed E-state index contributed by atoms with van der Waals surface area (Å²) < 4.78 is 5.65. The van der Waals surface area contributed by atoms with Gasteiger partial charge >= 0.3 is 5.97 Å². The molecule has 0 heterocycles. The molecule has 0 radical (unpaired) electrons. The van der Waals surface area contributed by atoms with Gasteiger partial charge in [0.25, 0.3) is 0 Å². The zero-order valence-corrected chi connectivity index (χ0v) is 14.8. The van der Waals surface area contributed by atoms with E-state index < -0.39 is 0 Å². The second-order valence-electron chi connectivity index (χ2n) is 5.69. The average Bonchev–Trinajstić information content (AvgIpc) is 2.63. The Balaban J connectivity index is 2.02. The van der Waals surface area contributed by atoms with Gasteiger partial charge in [0.1, 0.15) is 11.6 Å². The monoisotopic (exact) mass is 350 g/mol. The van der Waals surface area contributed by atoms with Crippen LogP contribution in [0.25, 0.3) is 10.8 Å². The van der Waals surface area contributed by atoms with Crippen molar-refractivity contribution in [3.05, 3.63) is 77.4 Å². The van der Waals surface area contributed by atoms with Crippen molar-refractivity contribution in [2.75, 3.05) is 6.16 Å². The van der Waals surface area contributed by atoms with Gasteiger partial charge in [-0.3, -0.25) is 5.41 Å². The normalized spacial score (nSPS) is 10.6. The molecule has 1 unspecified atom stereocenters. The highest BCUT2D eigenvalue weighted by atomic mass is 31.0. The van der Waals surface area contributed by atoms with E-state index >= 15 is 0 Å². The fourth-order valence-corrected chi connectivity index (χ4v) is 3.06. The quantitative estimate of drug-likeness (QED) is 0.242. The number of benzene rings is 3. The van der Waals surface area contributed by atoms with Crippen LogP contribution in [0, 0.1) is 5.41 Å². The van der Waals surface area contributed by atoms with Crippen LogP contribution in [-0.4, -0.2) is 18.0 Å². The number of carbonyl (C=O) groups excluding carboxylic acids is 1. The van der Waals surface area contributed by atoms with Crippen LogP contribution in [0.1, 0.15) is 21.5 Å². The zero-order valence-electron chi connectivity index (χ0n) is 13.7. The molecule has 0 spiro atoms. The third-order valence-corrected chi connectivity index (χ3v) is 4.29. The van der Waals surface area contributed by atoms with Crippen LogP contribution >= 0.6 is 9.24 Å². The lowest BCUT2D eigenvalue weighted by molar-refractivity contribution is 0.0733. The molecule has 0 bridgehead atoms. The molecular weight excluding hydrogens is 331 g/mol. The lowest BCUT2D eigenvalue weighted by Gasteiger charge is -2.13. The number of nitrogens with one attached hydrogen (secondary N) is 1. The summed E-state index contributed by atoms with van der Waals surface area (Å²) in [6.45, 7) is 0. The van der Waals surface area contributed by atoms with Gasteiger partial charge in [0.15, 0.2) is 0 Å². The number of rotatable bonds is 5. The van der Waals surface area contributed by atoms with Gasteiger partial charge in [-0.25, -0.2) is 4.79 Å². The summed E-state index contributed by atoms with van der Waals surface area (Å²) in [4.78, 5) is 12.4. The van der Waals surface area contributed by atoms with Crippen LogP contribution in [0.15, 0.2) is 60.7 Å². The van der Waals surface area contributed by atoms with Crippen LogP contribution in [0.2, 0.25) is 0 Å². The van der Waals surface area contributed by atoms with E-state index in [2.05, 4.69) is 9.24 Å². The molecule has 3 rings (SSSR count). The second kappa shape index (κ2) is 7.45. The van der Waals surface area contributed by atoms with Crippen molar-refractivity contribution in [1.29, 1.82) is 5.41 Å². The summed E-state index contributed by atoms with van der Waals surface area (Å²) in [5.74, 6) is 0.235. The van der Waals surface area contributed by atoms with Gasteiger partial charge in [0.2, 0.25) is 0 Å². The van der Waals surface area contributed by atoms with Crippen molar-refractivity contribution in [3.8, 4) is 5.75 Å². The van der Waals surface area contributed by atoms with Crippen LogP contribution in [0.3, 0.4) is 0 Å². The van der Waals surface area contributed by atoms with Gasteiger partial charge in [-0.05, 0) is 47.6 Å². The van der Waals surface area contributed by atoms with E-state index in [1.807, 2.05) is 48.5 Å². The first-order chi connectivity index (χ1) is 12.1. The standard InChI is InChI=1S/C20H19N2O2P/c21-19(22)15-6-8-16-14(12-15)7-9-18(17(16)10-11-25)24-20(23)13-4-2-1-3-5-13/h1-9,12H,10-11,25H2,(H3,21,22). The van der Waals surface area contributed by atoms with Crippen molar-refractivity contribution in [3.63, 3.8) is 0 Å². The summed E-state index contributed by atoms with van der Waals surface area (Å²) in [7, 11) is 2.70. The van der Waals surface area contributed by atoms with Crippen molar-refractivity contribution in [2.45, 2.75) is 6.42 Å². The summed E-state index contributed by atoms with van der Waals surface area (Å²) >= 11 is 0. The van der Waals surface area contributed by atoms with E-state index in [0.29, 0.717) is 16.9 Å². The largest absolute Gasteiger partial charge is 0.423 e. The Morgan fingerprint density at radius 1 is 1.04 bits per heavy atom. The number of hydrogen-bond acceptors (Lipinski definition) is 3. The Hall–Kier alpha value is -2.71. The zero-order chi connectivity index (χ0) is 17.8. The predicted molar refractivity (Wildman–Crippen MR) is 105 cm³/mol. The fourth-order valence-electron chi connectivity index (χ4n) is 2.77. The van der Waals surface area contributed by atoms with Gasteiger partial charge in [0, 0.05) is 11.1 Å². The minimum absolute atomic E-state index is 0.0362. The lowest BCUT2D eigenvalue weighted by Crippen LogP contribution is -2.11. The van der Waals surface area contributed by atoms with Crippen LogP contribution < -0.4 is 10.5 Å². The molecule has 5 heteroatoms. The van der Waals surface area contributed by atoms with Gasteiger partial charge in [0.05, 0.1) is 5.56 Å². The maximum absolute atomic E-state index is 12.4. The number of nitrogen functional groups attached to an aromatic ring is 1. The molecule has 3 aromatic carbocycles. The molecule has 0 saturated carbocycles. The van der Waals surface area contributed by atoms with E-state index in [0.717, 1.165) is 28.9 Å². The van der Waals surface area contributed by atoms with Crippen molar-refractivity contribution < 1.29 is 9.53 Å². The van der Waals surface area contributed by atoms with Gasteiger partial charge in [-0.15, -0.1) is 9.24 Å². The molecule has 0 aromatic heterocycles. The Bertz CT molecular complexity index is 939. The highest BCUT2D eigenvalue weighted by Gasteiger charge is 2.14. The number of nitrogens with two attached hydrogens (primary N) is 1. The summed E-state index contributed by atoms with van der Waals surface area (Å²) in [6.07, 6.45) is 1.61. The van der Waals surface area contributed by atoms with Gasteiger partial charge in [-0.1, -0.05) is 36.4 Å². The number of aryl methyl sites for hydroxylation is 1. The van der Waals surface area contributed by atoms with Gasteiger partial charge < -0.3 is 10.5 Å². The molecule has 0 aliphatic heterocycles. The molecule has 0 aliphatic carbocycles. The smallest absolute Gasteiger partial charge is 0.343 e. The number of fused-ring (bicyclic) bond motifs is 1. The Morgan fingerprint density at radius 3 is 2.48 bits per heavy atom. The predicted octanol–water partition coefficient (Wildman–Crippen LogP) is 3.76. The molecule has 3 N–H and O–H groups in total. The van der Waals surface area contributed by atoms with Crippen molar-refractivity contribution in [2.24, 2.45) is 5.73 Å². The fraction of sp³-hybridized carbons (Fsp3) is 0.100. The van der Waals surface area contributed by atoms with E-state index in [9.17, 15) is 4.79 Å². The van der Waals surface area contributed by atoms with E-state index in [1.165, 1.54) is 0 Å². The van der Waals surface area contributed by atoms with E-state index in [4.69, 9.17) is 15.9 Å². The highest BCUT2D eigenvalue weighted by molar-refractivity contribution is 7.16. The minimum Gasteiger partial charge on any atom is -0.423 e. The SMILES string of the molecule is N=C(N)c1ccc2c(CCP)c(OC(=O)c3ccccc3)ccc2c1. The lowest BCUT2D eigenvalue weighted by atomic mass is 9.99. The average molecular weight is 350 g/mol. The van der Waals surface area contributed by atoms with Crippen LogP contribution in [0.4, 0.5) is 0 Å². The number of esters is 1. The maximum atomic E-state index is 12.4. The summed E-state index contributed by atoms with van der Waals surface area (Å²) in [5, 5.41) is 9.56.